The van der Waals surface area contributed by atoms with E-state index in [4.69, 9.17) is 17.2 Å². The molecule has 0 saturated heterocycles. The Bertz CT molecular complexity index is 646. The summed E-state index contributed by atoms with van der Waals surface area (Å²) in [5.74, 6) is -0.585. The zero-order valence-electron chi connectivity index (χ0n) is 13.2. The smallest absolute Gasteiger partial charge is 0.266 e. The lowest BCUT2D eigenvalue weighted by Crippen LogP contribution is -2.41. The number of anilines is 1. The van der Waals surface area contributed by atoms with Crippen molar-refractivity contribution in [1.29, 1.82) is 0 Å². The number of nitrogens with two attached hydrogens (primary N) is 3. The van der Waals surface area contributed by atoms with E-state index in [9.17, 15) is 14.9 Å². The maximum absolute atomic E-state index is 12.0. The number of rotatable bonds is 8. The number of carbonyl (C=O) groups excluding carboxylic acids is 1. The van der Waals surface area contributed by atoms with Gasteiger partial charge in [0.15, 0.2) is 5.03 Å². The van der Waals surface area contributed by atoms with Crippen LogP contribution in [0, 0.1) is 10.1 Å². The van der Waals surface area contributed by atoms with Crippen LogP contribution in [0.2, 0.25) is 0 Å². The molecule has 0 radical (unpaired) electrons. The number of hydrogen-bond acceptors (Lipinski definition) is 5. The van der Waals surface area contributed by atoms with E-state index in [1.165, 1.54) is 0 Å². The maximum Gasteiger partial charge on any atom is 0.266 e. The fraction of sp³-hybridized carbons (Fsp3) is 0.385. The number of benzene rings is 1. The second-order valence-electron chi connectivity index (χ2n) is 5.09. The van der Waals surface area contributed by atoms with Gasteiger partial charge in [0.1, 0.15) is 5.10 Å². The van der Waals surface area contributed by atoms with Gasteiger partial charge in [0.2, 0.25) is 5.91 Å². The summed E-state index contributed by atoms with van der Waals surface area (Å²) in [7, 11) is 0. The van der Waals surface area contributed by atoms with E-state index in [0.29, 0.717) is 31.6 Å². The molecule has 0 unspecified atom stereocenters. The molecule has 25 heavy (non-hydrogen) atoms. The molecular weight excluding hydrogens is 462 g/mol. The van der Waals surface area contributed by atoms with Gasteiger partial charge in [-0.25, -0.2) is 10.1 Å². The lowest BCUT2D eigenvalue weighted by atomic mass is 10.1. The minimum atomic E-state index is -0.893. The van der Waals surface area contributed by atoms with Crippen LogP contribution in [0.4, 0.5) is 5.69 Å². The van der Waals surface area contributed by atoms with Crippen LogP contribution in [0.5, 0.6) is 0 Å². The average molecular weight is 481 g/mol. The molecule has 1 aromatic carbocycles. The topological polar surface area (TPSA) is 175 Å². The summed E-state index contributed by atoms with van der Waals surface area (Å²) >= 11 is 6.68. The first-order valence-corrected chi connectivity index (χ1v) is 8.78. The molecule has 0 aliphatic carbocycles. The second-order valence-corrected chi connectivity index (χ2v) is 6.80. The van der Waals surface area contributed by atoms with Crippen LogP contribution in [-0.4, -0.2) is 29.5 Å². The largest absolute Gasteiger partial charge is 0.397 e. The van der Waals surface area contributed by atoms with Gasteiger partial charge in [-0.3, -0.25) is 4.79 Å². The van der Waals surface area contributed by atoms with Crippen molar-refractivity contribution >= 4 is 49.4 Å². The van der Waals surface area contributed by atoms with Crippen molar-refractivity contribution in [2.45, 2.75) is 25.4 Å². The number of carbonyl (C=O) groups is 1. The van der Waals surface area contributed by atoms with Crippen LogP contribution >= 0.6 is 31.9 Å². The summed E-state index contributed by atoms with van der Waals surface area (Å²) < 4.78 is 1.46. The predicted molar refractivity (Wildman–Crippen MR) is 102 cm³/mol. The molecule has 1 aromatic rings. The molecule has 138 valence electrons. The molecule has 0 fully saturated rings. The molecule has 1 rings (SSSR count). The zero-order chi connectivity index (χ0) is 19.0. The second kappa shape index (κ2) is 10.2. The third-order valence-corrected chi connectivity index (χ3v) is 4.44. The third kappa shape index (κ3) is 7.67. The molecule has 0 saturated carbocycles. The van der Waals surface area contributed by atoms with Crippen LogP contribution in [-0.2, 0) is 11.3 Å². The van der Waals surface area contributed by atoms with E-state index >= 15 is 0 Å². The molecule has 0 bridgehead atoms. The van der Waals surface area contributed by atoms with E-state index in [-0.39, 0.29) is 11.9 Å². The molecule has 10 nitrogen and oxygen atoms in total. The normalized spacial score (nSPS) is 12.5. The lowest BCUT2D eigenvalue weighted by Gasteiger charge is -2.13. The Morgan fingerprint density at radius 2 is 1.92 bits per heavy atom. The number of guanidine groups is 1. The van der Waals surface area contributed by atoms with Gasteiger partial charge < -0.3 is 27.8 Å². The quantitative estimate of drug-likeness (QED) is 0.0903. The summed E-state index contributed by atoms with van der Waals surface area (Å²) in [6, 6.07) is 2.93. The third-order valence-electron chi connectivity index (χ3n) is 3.13. The molecule has 0 aliphatic rings. The molecule has 1 amide bonds. The van der Waals surface area contributed by atoms with Crippen molar-refractivity contribution < 1.29 is 9.83 Å². The summed E-state index contributed by atoms with van der Waals surface area (Å²) in [5.41, 5.74) is 18.3. The number of nitrogens with one attached hydrogen (secondary N) is 2. The monoisotopic (exact) mass is 479 g/mol. The molecule has 8 N–H and O–H groups in total. The number of nitro groups is 1. The van der Waals surface area contributed by atoms with Crippen molar-refractivity contribution in [2.24, 2.45) is 16.6 Å². The highest BCUT2D eigenvalue weighted by Crippen LogP contribution is 2.29. The molecule has 0 aliphatic heterocycles. The van der Waals surface area contributed by atoms with Crippen molar-refractivity contribution in [3.05, 3.63) is 36.8 Å². The van der Waals surface area contributed by atoms with E-state index in [1.807, 2.05) is 12.1 Å². The van der Waals surface area contributed by atoms with Gasteiger partial charge in [-0.1, -0.05) is 0 Å². The molecule has 12 heteroatoms. The van der Waals surface area contributed by atoms with E-state index in [1.54, 1.807) is 0 Å². The Kier molecular flexibility index (Phi) is 8.58. The van der Waals surface area contributed by atoms with Crippen LogP contribution < -0.4 is 27.8 Å². The Balaban J connectivity index is 2.36. The minimum absolute atomic E-state index is 0.289. The summed E-state index contributed by atoms with van der Waals surface area (Å²) in [6.07, 6.45) is 0.890. The minimum Gasteiger partial charge on any atom is -0.397 e. The Morgan fingerprint density at radius 1 is 1.32 bits per heavy atom. The van der Waals surface area contributed by atoms with E-state index < -0.39 is 11.1 Å². The summed E-state index contributed by atoms with van der Waals surface area (Å²) in [6.45, 7) is 0.632. The number of hydrazone groups is 1. The highest BCUT2D eigenvalue weighted by molar-refractivity contribution is 9.11. The van der Waals surface area contributed by atoms with Gasteiger partial charge in [-0.05, 0) is 62.4 Å². The summed E-state index contributed by atoms with van der Waals surface area (Å²) in [4.78, 5) is 22.1. The highest BCUT2D eigenvalue weighted by Gasteiger charge is 2.13. The average Bonchev–Trinajstić information content (AvgIpc) is 2.53. The summed E-state index contributed by atoms with van der Waals surface area (Å²) in [5, 5.41) is 17.4. The predicted octanol–water partition coefficient (Wildman–Crippen LogP) is 0.614. The zero-order valence-corrected chi connectivity index (χ0v) is 16.3. The van der Waals surface area contributed by atoms with Gasteiger partial charge in [0, 0.05) is 22.0 Å². The lowest BCUT2D eigenvalue weighted by molar-refractivity contribution is -0.485. The van der Waals surface area contributed by atoms with Gasteiger partial charge in [-0.15, -0.1) is 0 Å². The van der Waals surface area contributed by atoms with E-state index in [0.717, 1.165) is 14.5 Å². The first-order chi connectivity index (χ1) is 11.7. The van der Waals surface area contributed by atoms with Gasteiger partial charge in [-0.2, -0.15) is 0 Å². The standard InChI is InChI=1S/C13H19Br2N7O3/c14-8-4-7(5-9(15)11(8)17)6-20-12(23)10(16)2-1-3-19-13(18)21-22(24)25/h4-5,10H,1-3,6,16-17H2,(H,20,23)(H3,18,19,21)/t10-/m1/s1. The number of amides is 1. The number of nitrogen functional groups attached to an aromatic ring is 1. The maximum atomic E-state index is 12.0. The van der Waals surface area contributed by atoms with Crippen molar-refractivity contribution in [3.8, 4) is 0 Å². The van der Waals surface area contributed by atoms with E-state index in [2.05, 4.69) is 47.6 Å². The molecule has 0 aromatic heterocycles. The number of hydrogen-bond donors (Lipinski definition) is 5. The fourth-order valence-electron chi connectivity index (χ4n) is 1.85. The Morgan fingerprint density at radius 3 is 2.48 bits per heavy atom. The first-order valence-electron chi connectivity index (χ1n) is 7.19. The highest BCUT2D eigenvalue weighted by atomic mass is 79.9. The first kappa shape index (κ1) is 21.1. The van der Waals surface area contributed by atoms with Crippen molar-refractivity contribution in [1.82, 2.24) is 10.6 Å². The SMILES string of the molecule is NC(=N[N+](=O)[O-])NCCC[C@@H](N)C(=O)NCc1cc(Br)c(N)c(Br)c1. The fourth-order valence-corrected chi connectivity index (χ4v) is 3.13. The Labute approximate surface area is 161 Å². The van der Waals surface area contributed by atoms with Gasteiger partial charge in [0.25, 0.3) is 5.96 Å². The molecule has 0 heterocycles. The van der Waals surface area contributed by atoms with Crippen LogP contribution in [0.25, 0.3) is 0 Å². The Hall–Kier alpha value is -1.92. The van der Waals surface area contributed by atoms with Crippen molar-refractivity contribution in [3.63, 3.8) is 0 Å². The van der Waals surface area contributed by atoms with Gasteiger partial charge >= 0.3 is 0 Å². The van der Waals surface area contributed by atoms with Crippen molar-refractivity contribution in [2.75, 3.05) is 12.3 Å². The van der Waals surface area contributed by atoms with Crippen LogP contribution in [0.3, 0.4) is 0 Å². The number of halogens is 2. The van der Waals surface area contributed by atoms with Crippen LogP contribution in [0.15, 0.2) is 26.2 Å². The van der Waals surface area contributed by atoms with Crippen LogP contribution in [0.1, 0.15) is 18.4 Å². The molecule has 0 spiro atoms. The molecule has 1 atom stereocenters. The number of nitrogens with zero attached hydrogens (tertiary/aromatic N) is 2. The van der Waals surface area contributed by atoms with Gasteiger partial charge in [0.05, 0.1) is 11.7 Å². The molecular formula is C13H19Br2N7O3.